The summed E-state index contributed by atoms with van der Waals surface area (Å²) in [6, 6.07) is 7.86. The molecule has 2 aliphatic carbocycles. The van der Waals surface area contributed by atoms with Gasteiger partial charge in [0.1, 0.15) is 0 Å². The van der Waals surface area contributed by atoms with Gasteiger partial charge < -0.3 is 28.9 Å². The molecule has 0 N–H and O–H groups in total. The normalized spacial score (nSPS) is 19.5. The second-order valence-corrected chi connectivity index (χ2v) is 14.9. The number of hydrogen-bond acceptors (Lipinski definition) is 10. The average Bonchev–Trinajstić information content (AvgIpc) is 4.04. The molecule has 8 bridgehead atoms. The molecule has 0 amide bonds. The first-order valence-electron chi connectivity index (χ1n) is 19.4. The Morgan fingerprint density at radius 3 is 1.44 bits per heavy atom. The van der Waals surface area contributed by atoms with Crippen LogP contribution in [0, 0.1) is 37.5 Å². The van der Waals surface area contributed by atoms with E-state index < -0.39 is 0 Å². The van der Waals surface area contributed by atoms with Crippen LogP contribution in [-0.2, 0) is 68.0 Å². The molecule has 2 aliphatic heterocycles. The monoisotopic (exact) mass is 816 g/mol. The molecule has 4 aliphatic rings. The van der Waals surface area contributed by atoms with Crippen LogP contribution in [0.1, 0.15) is 98.4 Å². The van der Waals surface area contributed by atoms with Gasteiger partial charge in [0.2, 0.25) is 0 Å². The van der Waals surface area contributed by atoms with Crippen molar-refractivity contribution < 1.29 is 55.2 Å². The Bertz CT molecular complexity index is 2390. The molecule has 3 aromatic rings. The summed E-state index contributed by atoms with van der Waals surface area (Å²) in [5.74, 6) is -1.73. The molecule has 0 spiro atoms. The number of carbonyl (C=O) groups is 4. The predicted octanol–water partition coefficient (Wildman–Crippen LogP) is 6.66. The summed E-state index contributed by atoms with van der Waals surface area (Å²) in [5.41, 5.74) is 13.0. The molecule has 57 heavy (non-hydrogen) atoms. The van der Waals surface area contributed by atoms with Gasteiger partial charge in [-0.2, -0.15) is 0 Å². The standard InChI is InChI=1S/C44H48N4O8.Fe/c1-9-55-43(51)29-15-27(29)41-23(5)33-17-31-21(3)25(11-13-39(49)53-7)35(45-31)20-36-26(12-14-40(50)54-8)22(4)32(46-36)18-37-42(28-16-30(28)44(52)56-10-2)24(6)34(48-37)19-38(41)47-33;/h17-20,27-30H,9-16H2,1-8H3;/q-2;+2. The molecule has 4 atom stereocenters. The van der Waals surface area contributed by atoms with Crippen molar-refractivity contribution in [1.82, 2.24) is 19.9 Å². The van der Waals surface area contributed by atoms with Crippen LogP contribution in [0.3, 0.4) is 0 Å². The maximum absolute atomic E-state index is 12.9. The van der Waals surface area contributed by atoms with Crippen molar-refractivity contribution in [3.63, 3.8) is 0 Å². The topological polar surface area (TPSA) is 159 Å². The van der Waals surface area contributed by atoms with E-state index in [-0.39, 0.29) is 77.5 Å². The van der Waals surface area contributed by atoms with Gasteiger partial charge in [0, 0.05) is 24.7 Å². The van der Waals surface area contributed by atoms with Crippen LogP contribution in [0.25, 0.3) is 44.4 Å². The van der Waals surface area contributed by atoms with Crippen molar-refractivity contribution >= 4 is 68.2 Å². The van der Waals surface area contributed by atoms with E-state index in [0.29, 0.717) is 66.7 Å². The summed E-state index contributed by atoms with van der Waals surface area (Å²) in [6.07, 6.45) is 2.44. The zero-order chi connectivity index (χ0) is 40.0. The summed E-state index contributed by atoms with van der Waals surface area (Å²) < 4.78 is 20.8. The summed E-state index contributed by atoms with van der Waals surface area (Å²) in [7, 11) is 2.75. The zero-order valence-electron chi connectivity index (χ0n) is 33.7. The van der Waals surface area contributed by atoms with Crippen LogP contribution in [0.2, 0.25) is 0 Å². The molecule has 7 rings (SSSR count). The number of rotatable bonds is 12. The molecular formula is C44H48FeN4O8. The molecular weight excluding hydrogens is 768 g/mol. The minimum atomic E-state index is -0.330. The third-order valence-corrected chi connectivity index (χ3v) is 11.6. The molecule has 0 radical (unpaired) electrons. The largest absolute Gasteiger partial charge is 2.00 e. The van der Waals surface area contributed by atoms with Crippen molar-refractivity contribution in [1.29, 1.82) is 0 Å². The van der Waals surface area contributed by atoms with Crippen LogP contribution in [-0.4, -0.2) is 61.3 Å². The van der Waals surface area contributed by atoms with Gasteiger partial charge in [-0.25, -0.2) is 9.97 Å². The molecule has 2 fully saturated rings. The second-order valence-electron chi connectivity index (χ2n) is 14.9. The van der Waals surface area contributed by atoms with Crippen molar-refractivity contribution in [3.05, 3.63) is 69.3 Å². The first-order chi connectivity index (χ1) is 26.9. The molecule has 300 valence electrons. The second kappa shape index (κ2) is 16.8. The van der Waals surface area contributed by atoms with Crippen LogP contribution in [0.4, 0.5) is 0 Å². The number of esters is 4. The van der Waals surface area contributed by atoms with Crippen molar-refractivity contribution in [3.8, 4) is 0 Å². The molecule has 13 heteroatoms. The van der Waals surface area contributed by atoms with Crippen molar-refractivity contribution in [2.24, 2.45) is 23.7 Å². The molecule has 12 nitrogen and oxygen atoms in total. The van der Waals surface area contributed by atoms with Crippen LogP contribution >= 0.6 is 0 Å². The molecule has 5 heterocycles. The summed E-state index contributed by atoms with van der Waals surface area (Å²) >= 11 is 0. The van der Waals surface area contributed by atoms with Gasteiger partial charge in [-0.15, -0.1) is 22.1 Å². The Kier molecular flexibility index (Phi) is 12.3. The smallest absolute Gasteiger partial charge is 0.657 e. The van der Waals surface area contributed by atoms with E-state index in [1.807, 2.05) is 65.8 Å². The maximum Gasteiger partial charge on any atom is 2.00 e. The van der Waals surface area contributed by atoms with Gasteiger partial charge in [0.25, 0.3) is 0 Å². The fourth-order valence-electron chi connectivity index (χ4n) is 8.28. The van der Waals surface area contributed by atoms with Crippen molar-refractivity contribution in [2.75, 3.05) is 27.4 Å². The number of fused-ring (bicyclic) bond motifs is 8. The van der Waals surface area contributed by atoms with Gasteiger partial charge in [-0.05, 0) is 95.6 Å². The number of carbonyl (C=O) groups excluding carboxylic acids is 4. The SMILES string of the molecule is CCOC(=O)C1CC1C1=C(C)c2cc3[n-]c(cc4[n-]c(cc5nc(cc1n2)C(C)=C5C1CC1C(=O)OCC)c(C)c4CCC(=O)OC)c(CCC(=O)OC)c3C.[Fe+2]. The van der Waals surface area contributed by atoms with Crippen LogP contribution in [0.5, 0.6) is 0 Å². The Morgan fingerprint density at radius 1 is 0.614 bits per heavy atom. The van der Waals surface area contributed by atoms with Crippen molar-refractivity contribution in [2.45, 2.75) is 80.1 Å². The summed E-state index contributed by atoms with van der Waals surface area (Å²) in [4.78, 5) is 71.2. The minimum absolute atomic E-state index is 0. The number of methoxy groups -OCH3 is 2. The Hall–Kier alpha value is -5.00. The summed E-state index contributed by atoms with van der Waals surface area (Å²) in [6.45, 7) is 12.3. The van der Waals surface area contributed by atoms with Gasteiger partial charge in [-0.3, -0.25) is 19.2 Å². The molecule has 4 unspecified atom stereocenters. The Balaban J connectivity index is 0.00000549. The molecule has 0 saturated heterocycles. The van der Waals surface area contributed by atoms with E-state index in [1.165, 1.54) is 14.2 Å². The van der Waals surface area contributed by atoms with E-state index in [9.17, 15) is 19.2 Å². The first kappa shape index (κ1) is 41.6. The third kappa shape index (κ3) is 8.09. The van der Waals surface area contributed by atoms with Gasteiger partial charge in [0.15, 0.2) is 0 Å². The minimum Gasteiger partial charge on any atom is -0.657 e. The number of nitrogens with zero attached hydrogens (tertiary/aromatic N) is 4. The van der Waals surface area contributed by atoms with E-state index in [1.54, 1.807) is 0 Å². The average molecular weight is 817 g/mol. The quantitative estimate of drug-likeness (QED) is 0.109. The molecule has 0 aromatic carbocycles. The number of aryl methyl sites for hydroxylation is 4. The zero-order valence-corrected chi connectivity index (χ0v) is 34.8. The Labute approximate surface area is 342 Å². The molecule has 3 aromatic heterocycles. The number of aromatic nitrogens is 4. The van der Waals surface area contributed by atoms with Crippen LogP contribution in [0.15, 0.2) is 24.3 Å². The predicted molar refractivity (Wildman–Crippen MR) is 211 cm³/mol. The number of hydrogen-bond donors (Lipinski definition) is 0. The fourth-order valence-corrected chi connectivity index (χ4v) is 8.28. The Morgan fingerprint density at radius 2 is 1.02 bits per heavy atom. The fraction of sp³-hybridized carbons (Fsp3) is 0.455. The van der Waals surface area contributed by atoms with E-state index >= 15 is 0 Å². The first-order valence-corrected chi connectivity index (χ1v) is 19.4. The summed E-state index contributed by atoms with van der Waals surface area (Å²) in [5, 5.41) is 0. The van der Waals surface area contributed by atoms with Gasteiger partial charge in [0.05, 0.1) is 62.0 Å². The van der Waals surface area contributed by atoms with Gasteiger partial charge >= 0.3 is 40.9 Å². The number of ether oxygens (including phenoxy) is 4. The van der Waals surface area contributed by atoms with Gasteiger partial charge in [-0.1, -0.05) is 40.5 Å². The van der Waals surface area contributed by atoms with E-state index in [4.69, 9.17) is 38.9 Å². The van der Waals surface area contributed by atoms with E-state index in [2.05, 4.69) is 0 Å². The maximum atomic E-state index is 12.9. The van der Waals surface area contributed by atoms with Crippen LogP contribution < -0.4 is 9.97 Å². The van der Waals surface area contributed by atoms with E-state index in [0.717, 1.165) is 61.6 Å². The molecule has 2 saturated carbocycles. The third-order valence-electron chi connectivity index (χ3n) is 11.6. The number of allylic oxidation sites excluding steroid dienone is 4.